The maximum atomic E-state index is 5.69. The lowest BCUT2D eigenvalue weighted by Crippen LogP contribution is -2.41. The van der Waals surface area contributed by atoms with Crippen LogP contribution < -0.4 is 14.8 Å². The summed E-state index contributed by atoms with van der Waals surface area (Å²) in [7, 11) is 0. The molecule has 3 nitrogen and oxygen atoms in total. The van der Waals surface area contributed by atoms with Gasteiger partial charge in [0.2, 0.25) is 0 Å². The van der Waals surface area contributed by atoms with E-state index in [0.29, 0.717) is 18.6 Å². The van der Waals surface area contributed by atoms with Gasteiger partial charge in [-0.25, -0.2) is 0 Å². The predicted octanol–water partition coefficient (Wildman–Crippen LogP) is 4.79. The van der Waals surface area contributed by atoms with Crippen LogP contribution in [0.5, 0.6) is 11.5 Å². The van der Waals surface area contributed by atoms with Crippen LogP contribution >= 0.6 is 0 Å². The topological polar surface area (TPSA) is 30.5 Å². The predicted molar refractivity (Wildman–Crippen MR) is 93.8 cm³/mol. The monoisotopic (exact) mass is 307 g/mol. The minimum atomic E-state index is 0.0998. The summed E-state index contributed by atoms with van der Waals surface area (Å²) in [4.78, 5) is 0. The van der Waals surface area contributed by atoms with E-state index < -0.39 is 0 Å². The summed E-state index contributed by atoms with van der Waals surface area (Å²) >= 11 is 0. The second kappa shape index (κ2) is 7.87. The summed E-state index contributed by atoms with van der Waals surface area (Å²) < 4.78 is 11.3. The van der Waals surface area contributed by atoms with Crippen LogP contribution in [0.25, 0.3) is 0 Å². The van der Waals surface area contributed by atoms with E-state index >= 15 is 0 Å². The average Bonchev–Trinajstić information content (AvgIpc) is 2.37. The second-order valence-electron chi connectivity index (χ2n) is 7.62. The van der Waals surface area contributed by atoms with Gasteiger partial charge in [-0.15, -0.1) is 0 Å². The number of nitrogens with one attached hydrogen (secondary N) is 1. The highest BCUT2D eigenvalue weighted by Crippen LogP contribution is 2.30. The maximum absolute atomic E-state index is 5.69. The Kier molecular flexibility index (Phi) is 6.73. The van der Waals surface area contributed by atoms with Crippen molar-refractivity contribution in [3.63, 3.8) is 0 Å². The first kappa shape index (κ1) is 18.8. The van der Waals surface area contributed by atoms with Crippen molar-refractivity contribution >= 4 is 0 Å². The van der Waals surface area contributed by atoms with E-state index in [1.807, 2.05) is 19.9 Å². The fourth-order valence-corrected chi connectivity index (χ4v) is 2.94. The van der Waals surface area contributed by atoms with Gasteiger partial charge in [0.15, 0.2) is 11.5 Å². The molecule has 0 aliphatic rings. The van der Waals surface area contributed by atoms with Gasteiger partial charge in [-0.3, -0.25) is 0 Å². The molecule has 0 atom stereocenters. The summed E-state index contributed by atoms with van der Waals surface area (Å²) in [5.41, 5.74) is 1.63. The minimum absolute atomic E-state index is 0.0998. The van der Waals surface area contributed by atoms with E-state index in [1.165, 1.54) is 5.56 Å². The summed E-state index contributed by atoms with van der Waals surface area (Å²) in [5.74, 6) is 1.65. The van der Waals surface area contributed by atoms with Crippen LogP contribution in [0.1, 0.15) is 60.5 Å². The second-order valence-corrected chi connectivity index (χ2v) is 7.62. The molecule has 0 heterocycles. The van der Waals surface area contributed by atoms with Crippen molar-refractivity contribution < 1.29 is 9.47 Å². The van der Waals surface area contributed by atoms with Gasteiger partial charge in [-0.05, 0) is 57.2 Å². The molecule has 1 rings (SSSR count). The molecule has 1 N–H and O–H groups in total. The molecule has 0 saturated heterocycles. The van der Waals surface area contributed by atoms with Gasteiger partial charge in [0.05, 0.1) is 13.2 Å². The first-order valence-corrected chi connectivity index (χ1v) is 8.30. The average molecular weight is 307 g/mol. The molecular weight excluding hydrogens is 274 g/mol. The molecule has 1 aromatic rings. The number of rotatable bonds is 8. The number of hydrogen-bond donors (Lipinski definition) is 1. The van der Waals surface area contributed by atoms with Crippen molar-refractivity contribution in [3.05, 3.63) is 23.8 Å². The summed E-state index contributed by atoms with van der Waals surface area (Å²) in [6.45, 7) is 17.5. The maximum Gasteiger partial charge on any atom is 0.161 e. The van der Waals surface area contributed by atoms with Crippen molar-refractivity contribution in [2.24, 2.45) is 5.41 Å². The molecule has 0 saturated carbocycles. The molecule has 0 fully saturated rings. The van der Waals surface area contributed by atoms with Crippen molar-refractivity contribution in [1.82, 2.24) is 5.32 Å². The molecule has 0 amide bonds. The smallest absolute Gasteiger partial charge is 0.161 e. The normalized spacial score (nSPS) is 12.3. The molecule has 0 spiro atoms. The Morgan fingerprint density at radius 2 is 1.50 bits per heavy atom. The van der Waals surface area contributed by atoms with Gasteiger partial charge in [-0.1, -0.05) is 26.8 Å². The van der Waals surface area contributed by atoms with Gasteiger partial charge in [0.25, 0.3) is 0 Å². The molecule has 22 heavy (non-hydrogen) atoms. The lowest BCUT2D eigenvalue weighted by Gasteiger charge is -2.33. The fraction of sp³-hybridized carbons (Fsp3) is 0.684. The third-order valence-corrected chi connectivity index (χ3v) is 3.35. The largest absolute Gasteiger partial charge is 0.490 e. The van der Waals surface area contributed by atoms with E-state index in [0.717, 1.165) is 24.5 Å². The molecule has 0 unspecified atom stereocenters. The van der Waals surface area contributed by atoms with E-state index in [1.54, 1.807) is 0 Å². The van der Waals surface area contributed by atoms with Gasteiger partial charge < -0.3 is 14.8 Å². The number of benzene rings is 1. The first-order valence-electron chi connectivity index (χ1n) is 8.30. The van der Waals surface area contributed by atoms with Gasteiger partial charge >= 0.3 is 0 Å². The molecule has 0 radical (unpaired) electrons. The third-order valence-electron chi connectivity index (χ3n) is 3.35. The van der Waals surface area contributed by atoms with E-state index in [2.05, 4.69) is 52.1 Å². The quantitative estimate of drug-likeness (QED) is 0.749. The van der Waals surface area contributed by atoms with Crippen molar-refractivity contribution in [2.45, 2.75) is 67.0 Å². The fourth-order valence-electron chi connectivity index (χ4n) is 2.94. The number of ether oxygens (including phenoxy) is 2. The van der Waals surface area contributed by atoms with Crippen LogP contribution in [-0.2, 0) is 6.54 Å². The molecule has 0 aliphatic carbocycles. The molecule has 1 aromatic carbocycles. The zero-order valence-electron chi connectivity index (χ0n) is 15.4. The minimum Gasteiger partial charge on any atom is -0.490 e. The van der Waals surface area contributed by atoms with Crippen molar-refractivity contribution in [3.8, 4) is 11.5 Å². The zero-order chi connectivity index (χ0) is 16.8. The zero-order valence-corrected chi connectivity index (χ0v) is 15.4. The Labute approximate surface area is 136 Å². The van der Waals surface area contributed by atoms with E-state index in [4.69, 9.17) is 9.47 Å². The van der Waals surface area contributed by atoms with Crippen LogP contribution in [0, 0.1) is 5.41 Å². The standard InChI is InChI=1S/C19H33NO2/c1-8-21-16-11-10-15(12-17(16)22-9-2)13-20-19(6,7)14-18(3,4)5/h10-12,20H,8-9,13-14H2,1-7H3. The Balaban J connectivity index is 2.75. The lowest BCUT2D eigenvalue weighted by molar-refractivity contribution is 0.240. The lowest BCUT2D eigenvalue weighted by atomic mass is 9.82. The van der Waals surface area contributed by atoms with Gasteiger partial charge in [-0.2, -0.15) is 0 Å². The first-order chi connectivity index (χ1) is 10.2. The van der Waals surface area contributed by atoms with E-state index in [9.17, 15) is 0 Å². The Morgan fingerprint density at radius 3 is 2.05 bits per heavy atom. The molecule has 3 heteroatoms. The number of hydrogen-bond acceptors (Lipinski definition) is 3. The molecule has 0 aliphatic heterocycles. The summed E-state index contributed by atoms with van der Waals surface area (Å²) in [6.07, 6.45) is 1.12. The molecular formula is C19H33NO2. The van der Waals surface area contributed by atoms with Crippen molar-refractivity contribution in [2.75, 3.05) is 13.2 Å². The Hall–Kier alpha value is -1.22. The van der Waals surface area contributed by atoms with Gasteiger partial charge in [0, 0.05) is 12.1 Å². The molecule has 0 bridgehead atoms. The van der Waals surface area contributed by atoms with Crippen molar-refractivity contribution in [1.29, 1.82) is 0 Å². The Bertz CT molecular complexity index is 461. The van der Waals surface area contributed by atoms with Crippen LogP contribution in [0.15, 0.2) is 18.2 Å². The van der Waals surface area contributed by atoms with Crippen LogP contribution in [0.3, 0.4) is 0 Å². The highest BCUT2D eigenvalue weighted by molar-refractivity contribution is 5.43. The highest BCUT2D eigenvalue weighted by Gasteiger charge is 2.24. The SMILES string of the molecule is CCOc1ccc(CNC(C)(C)CC(C)(C)C)cc1OCC. The summed E-state index contributed by atoms with van der Waals surface area (Å²) in [5, 5.41) is 3.66. The third kappa shape index (κ3) is 6.69. The van der Waals surface area contributed by atoms with Crippen LogP contribution in [0.4, 0.5) is 0 Å². The highest BCUT2D eigenvalue weighted by atomic mass is 16.5. The molecule has 0 aromatic heterocycles. The van der Waals surface area contributed by atoms with E-state index in [-0.39, 0.29) is 5.54 Å². The Morgan fingerprint density at radius 1 is 0.909 bits per heavy atom. The molecule has 126 valence electrons. The van der Waals surface area contributed by atoms with Gasteiger partial charge in [0.1, 0.15) is 0 Å². The van der Waals surface area contributed by atoms with Crippen LogP contribution in [-0.4, -0.2) is 18.8 Å². The summed E-state index contributed by atoms with van der Waals surface area (Å²) in [6, 6.07) is 6.19. The van der Waals surface area contributed by atoms with Crippen LogP contribution in [0.2, 0.25) is 0 Å².